The number of alkyl carbamates (subject to hydrolysis) is 1. The SMILES string of the molecule is C=C(C)C(=O)OCCNC(=O)OCCOCCC[Si](C)(C)OC(C)(C)[Si](C)(C)CCCC. The summed E-state index contributed by atoms with van der Waals surface area (Å²) in [4.78, 5) is 22.8. The summed E-state index contributed by atoms with van der Waals surface area (Å²) in [6.07, 6.45) is 2.90. The van der Waals surface area contributed by atoms with E-state index in [0.717, 1.165) is 12.5 Å². The Morgan fingerprint density at radius 3 is 2.19 bits per heavy atom. The van der Waals surface area contributed by atoms with Crippen LogP contribution in [0.2, 0.25) is 38.3 Å². The lowest BCUT2D eigenvalue weighted by molar-refractivity contribution is -0.138. The standard InChI is InChI=1S/C23H47NO6Si2/c1-10-11-18-31(6,7)23(4,5)30-32(8,9)19-12-14-27-16-17-29-22(26)24-13-15-28-21(25)20(2)3/h2,10-19H2,1,3-9H3,(H,24,26). The summed E-state index contributed by atoms with van der Waals surface area (Å²) in [6, 6.07) is 2.34. The molecular formula is C23H47NO6Si2. The minimum Gasteiger partial charge on any atom is -0.460 e. The largest absolute Gasteiger partial charge is 0.460 e. The van der Waals surface area contributed by atoms with Gasteiger partial charge in [-0.25, -0.2) is 9.59 Å². The van der Waals surface area contributed by atoms with E-state index in [4.69, 9.17) is 18.6 Å². The Balaban J connectivity index is 3.97. The van der Waals surface area contributed by atoms with Gasteiger partial charge in [0.05, 0.1) is 21.2 Å². The summed E-state index contributed by atoms with van der Waals surface area (Å²) < 4.78 is 22.3. The van der Waals surface area contributed by atoms with Crippen molar-refractivity contribution in [2.24, 2.45) is 0 Å². The zero-order valence-corrected chi connectivity index (χ0v) is 23.7. The maximum Gasteiger partial charge on any atom is 0.407 e. The van der Waals surface area contributed by atoms with Gasteiger partial charge in [0.1, 0.15) is 13.2 Å². The van der Waals surface area contributed by atoms with Crippen LogP contribution in [0.1, 0.15) is 47.0 Å². The first-order valence-electron chi connectivity index (χ1n) is 11.8. The Labute approximate surface area is 197 Å². The van der Waals surface area contributed by atoms with E-state index in [1.165, 1.54) is 18.9 Å². The minimum atomic E-state index is -1.79. The van der Waals surface area contributed by atoms with Crippen LogP contribution in [0.25, 0.3) is 0 Å². The number of hydrogen-bond donors (Lipinski definition) is 1. The van der Waals surface area contributed by atoms with E-state index in [9.17, 15) is 9.59 Å². The highest BCUT2D eigenvalue weighted by molar-refractivity contribution is 6.81. The van der Waals surface area contributed by atoms with Gasteiger partial charge < -0.3 is 24.0 Å². The molecule has 188 valence electrons. The molecule has 0 fully saturated rings. The van der Waals surface area contributed by atoms with Crippen molar-refractivity contribution in [1.29, 1.82) is 0 Å². The van der Waals surface area contributed by atoms with Crippen molar-refractivity contribution in [2.45, 2.75) is 90.5 Å². The van der Waals surface area contributed by atoms with Crippen LogP contribution in [-0.4, -0.2) is 66.7 Å². The molecule has 0 aliphatic carbocycles. The molecular weight excluding hydrogens is 442 g/mol. The number of carbonyl (C=O) groups is 2. The van der Waals surface area contributed by atoms with Gasteiger partial charge in [0.25, 0.3) is 0 Å². The van der Waals surface area contributed by atoms with E-state index in [-0.39, 0.29) is 25.0 Å². The average Bonchev–Trinajstić information content (AvgIpc) is 2.67. The number of nitrogens with one attached hydrogen (secondary N) is 1. The highest BCUT2D eigenvalue weighted by atomic mass is 28.4. The molecule has 0 unspecified atom stereocenters. The second kappa shape index (κ2) is 14.9. The molecule has 0 aromatic carbocycles. The Hall–Kier alpha value is -1.17. The fourth-order valence-electron chi connectivity index (χ4n) is 3.17. The van der Waals surface area contributed by atoms with Gasteiger partial charge in [-0.2, -0.15) is 0 Å². The average molecular weight is 490 g/mol. The molecule has 0 aliphatic rings. The van der Waals surface area contributed by atoms with Crippen molar-refractivity contribution < 1.29 is 28.2 Å². The Morgan fingerprint density at radius 2 is 1.59 bits per heavy atom. The maximum absolute atomic E-state index is 11.6. The molecule has 0 aliphatic heterocycles. The molecule has 1 N–H and O–H groups in total. The Kier molecular flexibility index (Phi) is 14.3. The lowest BCUT2D eigenvalue weighted by Gasteiger charge is -2.45. The molecule has 32 heavy (non-hydrogen) atoms. The zero-order valence-electron chi connectivity index (χ0n) is 21.7. The molecule has 0 heterocycles. The van der Waals surface area contributed by atoms with Gasteiger partial charge in [-0.3, -0.25) is 0 Å². The summed E-state index contributed by atoms with van der Waals surface area (Å²) in [5, 5.41) is 2.49. The molecule has 0 saturated heterocycles. The van der Waals surface area contributed by atoms with Crippen molar-refractivity contribution in [3.63, 3.8) is 0 Å². The predicted octanol–water partition coefficient (Wildman–Crippen LogP) is 5.29. The third kappa shape index (κ3) is 13.4. The summed E-state index contributed by atoms with van der Waals surface area (Å²) >= 11 is 0. The summed E-state index contributed by atoms with van der Waals surface area (Å²) in [7, 11) is -3.25. The Morgan fingerprint density at radius 1 is 0.938 bits per heavy atom. The van der Waals surface area contributed by atoms with E-state index in [1.807, 2.05) is 0 Å². The zero-order chi connectivity index (χ0) is 24.8. The van der Waals surface area contributed by atoms with Gasteiger partial charge >= 0.3 is 12.1 Å². The van der Waals surface area contributed by atoms with Crippen LogP contribution in [0.5, 0.6) is 0 Å². The van der Waals surface area contributed by atoms with Crippen molar-refractivity contribution in [2.75, 3.05) is 33.0 Å². The maximum atomic E-state index is 11.6. The van der Waals surface area contributed by atoms with Gasteiger partial charge in [-0.1, -0.05) is 45.5 Å². The lowest BCUT2D eigenvalue weighted by atomic mass is 10.4. The third-order valence-electron chi connectivity index (χ3n) is 5.80. The normalized spacial score (nSPS) is 12.4. The summed E-state index contributed by atoms with van der Waals surface area (Å²) in [6.45, 7) is 22.8. The molecule has 9 heteroatoms. The van der Waals surface area contributed by atoms with Gasteiger partial charge in [-0.15, -0.1) is 0 Å². The molecule has 7 nitrogen and oxygen atoms in total. The molecule has 0 atom stereocenters. The minimum absolute atomic E-state index is 0.0250. The van der Waals surface area contributed by atoms with Crippen molar-refractivity contribution in [3.8, 4) is 0 Å². The quantitative estimate of drug-likeness (QED) is 0.129. The van der Waals surface area contributed by atoms with E-state index < -0.39 is 28.5 Å². The van der Waals surface area contributed by atoms with Crippen molar-refractivity contribution in [3.05, 3.63) is 12.2 Å². The molecule has 0 spiro atoms. The number of hydrogen-bond acceptors (Lipinski definition) is 6. The second-order valence-electron chi connectivity index (χ2n) is 10.1. The molecule has 0 aromatic heterocycles. The third-order valence-corrected chi connectivity index (χ3v) is 13.6. The molecule has 0 aromatic rings. The van der Waals surface area contributed by atoms with Gasteiger partial charge in [0.15, 0.2) is 8.32 Å². The first-order valence-corrected chi connectivity index (χ1v) is 18.1. The summed E-state index contributed by atoms with van der Waals surface area (Å²) in [5.41, 5.74) is 0.323. The smallest absolute Gasteiger partial charge is 0.407 e. The van der Waals surface area contributed by atoms with Crippen LogP contribution in [0.15, 0.2) is 12.2 Å². The topological polar surface area (TPSA) is 83.1 Å². The van der Waals surface area contributed by atoms with Crippen LogP contribution in [0.3, 0.4) is 0 Å². The van der Waals surface area contributed by atoms with Crippen LogP contribution in [0, 0.1) is 0 Å². The van der Waals surface area contributed by atoms with Crippen LogP contribution >= 0.6 is 0 Å². The molecule has 1 amide bonds. The fourth-order valence-corrected chi connectivity index (χ4v) is 9.42. The number of carbonyl (C=O) groups excluding carboxylic acids is 2. The highest BCUT2D eigenvalue weighted by Gasteiger charge is 2.43. The number of ether oxygens (including phenoxy) is 3. The fraction of sp³-hybridized carbons (Fsp3) is 0.826. The molecule has 0 rings (SSSR count). The molecule has 0 radical (unpaired) electrons. The predicted molar refractivity (Wildman–Crippen MR) is 135 cm³/mol. The van der Waals surface area contributed by atoms with Gasteiger partial charge in [0.2, 0.25) is 0 Å². The second-order valence-corrected chi connectivity index (χ2v) is 19.7. The lowest BCUT2D eigenvalue weighted by Crippen LogP contribution is -2.56. The van der Waals surface area contributed by atoms with Crippen LogP contribution in [0.4, 0.5) is 4.79 Å². The number of esters is 1. The van der Waals surface area contributed by atoms with Gasteiger partial charge in [0, 0.05) is 17.4 Å². The van der Waals surface area contributed by atoms with E-state index in [2.05, 4.69) is 58.9 Å². The van der Waals surface area contributed by atoms with Crippen molar-refractivity contribution in [1.82, 2.24) is 5.32 Å². The van der Waals surface area contributed by atoms with E-state index in [0.29, 0.717) is 18.8 Å². The van der Waals surface area contributed by atoms with Gasteiger partial charge in [-0.05, 0) is 46.3 Å². The van der Waals surface area contributed by atoms with E-state index >= 15 is 0 Å². The number of rotatable bonds is 17. The molecule has 0 bridgehead atoms. The first-order chi connectivity index (χ1) is 14.7. The molecule has 0 saturated carbocycles. The van der Waals surface area contributed by atoms with Crippen molar-refractivity contribution >= 4 is 28.5 Å². The first kappa shape index (κ1) is 30.8. The number of unbranched alkanes of at least 4 members (excludes halogenated alkanes) is 1. The Bertz CT molecular complexity index is 593. The monoisotopic (exact) mass is 489 g/mol. The summed E-state index contributed by atoms with van der Waals surface area (Å²) in [5.74, 6) is -0.476. The highest BCUT2D eigenvalue weighted by Crippen LogP contribution is 2.33. The van der Waals surface area contributed by atoms with Crippen LogP contribution in [-0.2, 0) is 23.4 Å². The van der Waals surface area contributed by atoms with Crippen LogP contribution < -0.4 is 5.32 Å². The van der Waals surface area contributed by atoms with E-state index in [1.54, 1.807) is 6.92 Å². The number of amides is 1.